The van der Waals surface area contributed by atoms with Gasteiger partial charge in [0.2, 0.25) is 19.5 Å². The van der Waals surface area contributed by atoms with E-state index < -0.39 is 5.25 Å². The van der Waals surface area contributed by atoms with Crippen LogP contribution in [-0.4, -0.2) is 34.3 Å². The first-order valence-electron chi connectivity index (χ1n) is 12.4. The molecule has 2 aliphatic rings. The lowest BCUT2D eigenvalue weighted by atomic mass is 10.2. The first kappa shape index (κ1) is 25.4. The second-order valence-corrected chi connectivity index (χ2v) is 10.7. The van der Waals surface area contributed by atoms with Crippen LogP contribution < -0.4 is 29.8 Å². The Morgan fingerprint density at radius 2 is 1.74 bits per heavy atom. The molecule has 0 saturated carbocycles. The summed E-state index contributed by atoms with van der Waals surface area (Å²) in [4.78, 5) is 31.9. The van der Waals surface area contributed by atoms with E-state index in [1.807, 2.05) is 44.2 Å². The molecule has 9 nitrogen and oxygen atoms in total. The number of thioether (sulfide) groups is 1. The van der Waals surface area contributed by atoms with Crippen molar-refractivity contribution >= 4 is 45.9 Å². The van der Waals surface area contributed by atoms with E-state index in [2.05, 4.69) is 5.32 Å². The molecule has 6 rings (SSSR count). The van der Waals surface area contributed by atoms with Gasteiger partial charge in [0, 0.05) is 16.8 Å². The van der Waals surface area contributed by atoms with Crippen LogP contribution in [0.3, 0.4) is 0 Å². The van der Waals surface area contributed by atoms with Gasteiger partial charge in [-0.3, -0.25) is 14.2 Å². The van der Waals surface area contributed by atoms with Crippen molar-refractivity contribution in [2.75, 3.05) is 18.9 Å². The molecular weight excluding hydrogens is 542 g/mol. The van der Waals surface area contributed by atoms with E-state index in [-0.39, 0.29) is 31.6 Å². The number of fused-ring (bicyclic) bond motifs is 3. The van der Waals surface area contributed by atoms with E-state index in [1.165, 1.54) is 11.8 Å². The molecule has 1 amide bonds. The van der Waals surface area contributed by atoms with E-state index >= 15 is 0 Å². The van der Waals surface area contributed by atoms with E-state index in [9.17, 15) is 9.59 Å². The van der Waals surface area contributed by atoms with Crippen molar-refractivity contribution in [1.29, 1.82) is 0 Å². The minimum absolute atomic E-state index is 0.0831. The van der Waals surface area contributed by atoms with Gasteiger partial charge in [0.1, 0.15) is 0 Å². The number of rotatable bonds is 7. The van der Waals surface area contributed by atoms with Gasteiger partial charge in [0.15, 0.2) is 28.2 Å². The molecule has 39 heavy (non-hydrogen) atoms. The molecule has 0 saturated heterocycles. The number of ether oxygens (including phenoxy) is 4. The van der Waals surface area contributed by atoms with Crippen LogP contribution in [0.15, 0.2) is 58.5 Å². The highest BCUT2D eigenvalue weighted by Gasteiger charge is 2.25. The van der Waals surface area contributed by atoms with Gasteiger partial charge in [-0.05, 0) is 54.8 Å². The Balaban J connectivity index is 1.37. The highest BCUT2D eigenvalue weighted by molar-refractivity contribution is 8.00. The fourth-order valence-electron chi connectivity index (χ4n) is 4.38. The summed E-state index contributed by atoms with van der Waals surface area (Å²) in [5, 5.41) is 3.80. The zero-order chi connectivity index (χ0) is 27.1. The fraction of sp³-hybridized carbons (Fsp3) is 0.250. The third-order valence-corrected chi connectivity index (χ3v) is 8.30. The van der Waals surface area contributed by atoms with Crippen molar-refractivity contribution < 1.29 is 23.7 Å². The van der Waals surface area contributed by atoms with Gasteiger partial charge in [-0.25, -0.2) is 4.98 Å². The molecular formula is C28H24ClN3O6S. The van der Waals surface area contributed by atoms with Crippen molar-refractivity contribution in [3.05, 3.63) is 75.0 Å². The molecule has 1 atom stereocenters. The average Bonchev–Trinajstić information content (AvgIpc) is 3.59. The second-order valence-electron chi connectivity index (χ2n) is 9.16. The summed E-state index contributed by atoms with van der Waals surface area (Å²) < 4.78 is 23.5. The number of halogens is 1. The Morgan fingerprint density at radius 3 is 2.49 bits per heavy atom. The monoisotopic (exact) mass is 565 g/mol. The molecule has 1 N–H and O–H groups in total. The van der Waals surface area contributed by atoms with Crippen LogP contribution in [0.4, 0.5) is 5.69 Å². The largest absolute Gasteiger partial charge is 0.454 e. The summed E-state index contributed by atoms with van der Waals surface area (Å²) >= 11 is 7.48. The van der Waals surface area contributed by atoms with E-state index in [1.54, 1.807) is 22.8 Å². The van der Waals surface area contributed by atoms with Crippen molar-refractivity contribution in [3.8, 4) is 23.0 Å². The number of hydrogen-bond donors (Lipinski definition) is 1. The maximum atomic E-state index is 13.8. The Bertz CT molecular complexity index is 1670. The molecule has 200 valence electrons. The van der Waals surface area contributed by atoms with Crippen molar-refractivity contribution in [2.45, 2.75) is 37.2 Å². The highest BCUT2D eigenvalue weighted by Crippen LogP contribution is 2.36. The molecule has 3 heterocycles. The van der Waals surface area contributed by atoms with Gasteiger partial charge < -0.3 is 24.3 Å². The molecule has 0 unspecified atom stereocenters. The Kier molecular flexibility index (Phi) is 6.74. The van der Waals surface area contributed by atoms with Gasteiger partial charge in [0.25, 0.3) is 5.56 Å². The van der Waals surface area contributed by atoms with Gasteiger partial charge in [-0.2, -0.15) is 0 Å². The summed E-state index contributed by atoms with van der Waals surface area (Å²) in [6.45, 7) is 4.28. The summed E-state index contributed by atoms with van der Waals surface area (Å²) in [6.07, 6.45) is 0.509. The standard InChI is InChI=1S/C28H24ClN3O6S/c1-3-25(26(33)30-17-6-4-15(2)19(29)9-17)39-28-31-20-11-24-23(37-14-38-24)10-18(20)27(34)32(28)12-16-5-7-21-22(8-16)36-13-35-21/h4-11,25H,3,12-14H2,1-2H3,(H,30,33)/t25-/m0/s1. The van der Waals surface area contributed by atoms with E-state index in [4.69, 9.17) is 35.5 Å². The summed E-state index contributed by atoms with van der Waals surface area (Å²) in [5.41, 5.74) is 2.57. The Labute approximate surface area is 233 Å². The number of carbonyl (C=O) groups excluding carboxylic acids is 1. The van der Waals surface area contributed by atoms with Crippen LogP contribution in [0.25, 0.3) is 10.9 Å². The molecule has 0 spiro atoms. The molecule has 0 radical (unpaired) electrons. The summed E-state index contributed by atoms with van der Waals surface area (Å²) in [6, 6.07) is 14.3. The molecule has 0 aliphatic carbocycles. The zero-order valence-corrected chi connectivity index (χ0v) is 22.7. The molecule has 0 bridgehead atoms. The topological polar surface area (TPSA) is 101 Å². The first-order chi connectivity index (χ1) is 18.9. The number of nitrogens with one attached hydrogen (secondary N) is 1. The number of benzene rings is 3. The summed E-state index contributed by atoms with van der Waals surface area (Å²) in [5.74, 6) is 2.09. The smallest absolute Gasteiger partial charge is 0.262 e. The number of nitrogens with zero attached hydrogens (tertiary/aromatic N) is 2. The van der Waals surface area contributed by atoms with Crippen molar-refractivity contribution in [2.24, 2.45) is 0 Å². The number of anilines is 1. The number of aromatic nitrogens is 2. The third-order valence-electron chi connectivity index (χ3n) is 6.54. The molecule has 0 fully saturated rings. The quantitative estimate of drug-likeness (QED) is 0.236. The predicted octanol–water partition coefficient (Wildman–Crippen LogP) is 5.37. The van der Waals surface area contributed by atoms with Crippen LogP contribution in [-0.2, 0) is 11.3 Å². The van der Waals surface area contributed by atoms with Crippen LogP contribution in [0.5, 0.6) is 23.0 Å². The molecule has 2 aliphatic heterocycles. The highest BCUT2D eigenvalue weighted by atomic mass is 35.5. The lowest BCUT2D eigenvalue weighted by Crippen LogP contribution is -2.28. The molecule has 1 aromatic heterocycles. The number of carbonyl (C=O) groups is 1. The Morgan fingerprint density at radius 1 is 1.03 bits per heavy atom. The lowest BCUT2D eigenvalue weighted by Gasteiger charge is -2.18. The minimum Gasteiger partial charge on any atom is -0.454 e. The SMILES string of the molecule is CC[C@H](Sc1nc2cc3c(cc2c(=O)n1Cc1ccc2c(c1)OCO2)OCO3)C(=O)Nc1ccc(C)c(Cl)c1. The van der Waals surface area contributed by atoms with Gasteiger partial charge in [0.05, 0.1) is 22.7 Å². The van der Waals surface area contributed by atoms with Crippen LogP contribution in [0, 0.1) is 6.92 Å². The normalized spacial score (nSPS) is 14.0. The van der Waals surface area contributed by atoms with Gasteiger partial charge in [-0.15, -0.1) is 0 Å². The lowest BCUT2D eigenvalue weighted by molar-refractivity contribution is -0.115. The van der Waals surface area contributed by atoms with Crippen LogP contribution in [0.2, 0.25) is 5.02 Å². The number of amides is 1. The Hall–Kier alpha value is -3.89. The number of aryl methyl sites for hydroxylation is 1. The van der Waals surface area contributed by atoms with Gasteiger partial charge in [-0.1, -0.05) is 42.4 Å². The molecule has 3 aromatic carbocycles. The van der Waals surface area contributed by atoms with Crippen LogP contribution in [0.1, 0.15) is 24.5 Å². The summed E-state index contributed by atoms with van der Waals surface area (Å²) in [7, 11) is 0. The van der Waals surface area contributed by atoms with Crippen LogP contribution >= 0.6 is 23.4 Å². The third kappa shape index (κ3) is 4.97. The number of hydrogen-bond acceptors (Lipinski definition) is 8. The van der Waals surface area contributed by atoms with Crippen molar-refractivity contribution in [3.63, 3.8) is 0 Å². The van der Waals surface area contributed by atoms with E-state index in [0.717, 1.165) is 11.1 Å². The molecule has 4 aromatic rings. The molecule has 11 heteroatoms. The zero-order valence-electron chi connectivity index (χ0n) is 21.2. The van der Waals surface area contributed by atoms with E-state index in [0.29, 0.717) is 56.2 Å². The van der Waals surface area contributed by atoms with Crippen molar-refractivity contribution in [1.82, 2.24) is 9.55 Å². The average molecular weight is 566 g/mol. The van der Waals surface area contributed by atoms with Gasteiger partial charge >= 0.3 is 0 Å². The second kappa shape index (κ2) is 10.3. The predicted molar refractivity (Wildman–Crippen MR) is 149 cm³/mol. The first-order valence-corrected chi connectivity index (χ1v) is 13.6. The fourth-order valence-corrected chi connectivity index (χ4v) is 5.58. The maximum absolute atomic E-state index is 13.8. The minimum atomic E-state index is -0.522. The maximum Gasteiger partial charge on any atom is 0.262 e.